The van der Waals surface area contributed by atoms with Crippen LogP contribution in [0.3, 0.4) is 0 Å². The molecule has 51 heteroatoms. The van der Waals surface area contributed by atoms with Gasteiger partial charge in [-0.3, -0.25) is 105 Å². The lowest BCUT2D eigenvalue weighted by atomic mass is 9.98. The van der Waals surface area contributed by atoms with E-state index in [9.17, 15) is 141 Å². The van der Waals surface area contributed by atoms with Gasteiger partial charge in [0.1, 0.15) is 102 Å². The number of hydrogen-bond acceptors (Lipinski definition) is 28. The number of phenolic OH excluding ortho intramolecular Hbond substituents is 1. The van der Waals surface area contributed by atoms with Gasteiger partial charge in [-0.1, -0.05) is 84.0 Å². The summed E-state index contributed by atoms with van der Waals surface area (Å²) in [6.07, 6.45) is -4.90. The Labute approximate surface area is 807 Å². The number of nitrogens with two attached hydrogens (primary N) is 5. The molecule has 2 saturated heterocycles. The molecule has 776 valence electrons. The molecule has 2 aliphatic heterocycles. The highest BCUT2D eigenvalue weighted by Gasteiger charge is 2.44. The van der Waals surface area contributed by atoms with Gasteiger partial charge in [0.05, 0.1) is 38.5 Å². The molecule has 51 nitrogen and oxygen atoms in total. The van der Waals surface area contributed by atoms with Gasteiger partial charge in [-0.05, 0) is 151 Å². The molecule has 2 aromatic rings. The zero-order valence-electron chi connectivity index (χ0n) is 79.5. The Morgan fingerprint density at radius 2 is 0.779 bits per heavy atom. The largest absolute Gasteiger partial charge is 0.508 e. The van der Waals surface area contributed by atoms with Crippen molar-refractivity contribution in [3.63, 3.8) is 0 Å². The summed E-state index contributed by atoms with van der Waals surface area (Å²) in [6, 6.07) is -13.7. The van der Waals surface area contributed by atoms with Crippen LogP contribution >= 0.6 is 0 Å². The van der Waals surface area contributed by atoms with Crippen molar-refractivity contribution in [2.24, 2.45) is 46.4 Å². The molecular formula is C89H136N22O29. The van der Waals surface area contributed by atoms with Crippen LogP contribution in [0.4, 0.5) is 0 Å². The summed E-state index contributed by atoms with van der Waals surface area (Å²) in [7, 11) is 0. The number of carbonyl (C=O) groups is 23. The minimum absolute atomic E-state index is 0.0256. The topological polar surface area (TPSA) is 831 Å². The summed E-state index contributed by atoms with van der Waals surface area (Å²) in [6.45, 7) is 10.5. The number of aromatic hydroxyl groups is 1. The molecule has 19 amide bonds. The molecule has 31 N–H and O–H groups in total. The summed E-state index contributed by atoms with van der Waals surface area (Å²) >= 11 is 0. The highest BCUT2D eigenvalue weighted by atomic mass is 16.4. The number of carboxylic acid groups (broad SMARTS) is 4. The molecule has 4 rings (SSSR count). The van der Waals surface area contributed by atoms with Crippen LogP contribution in [0.5, 0.6) is 5.75 Å². The van der Waals surface area contributed by atoms with E-state index >= 15 is 0 Å². The number of aliphatic hydroxyl groups excluding tert-OH is 1. The fourth-order valence-corrected chi connectivity index (χ4v) is 15.1. The number of phenols is 1. The molecule has 0 aromatic heterocycles. The molecule has 0 saturated carbocycles. The van der Waals surface area contributed by atoms with Crippen LogP contribution in [0.2, 0.25) is 0 Å². The average molecular weight is 1980 g/mol. The highest BCUT2D eigenvalue weighted by molar-refractivity contribution is 6.03. The molecule has 2 aromatic carbocycles. The summed E-state index contributed by atoms with van der Waals surface area (Å²) in [5.41, 5.74) is 29.0. The van der Waals surface area contributed by atoms with Crippen molar-refractivity contribution in [2.75, 3.05) is 39.3 Å². The molecule has 0 bridgehead atoms. The normalized spacial score (nSPS) is 16.6. The third-order valence-electron chi connectivity index (χ3n) is 22.6. The van der Waals surface area contributed by atoms with Crippen LogP contribution in [-0.2, 0) is 123 Å². The fraction of sp³-hybridized carbons (Fsp3) is 0.607. The molecule has 17 atom stereocenters. The van der Waals surface area contributed by atoms with Crippen molar-refractivity contribution < 1.29 is 141 Å². The number of unbranched alkanes of at least 4 members (excludes halogenated alkanes) is 2. The number of aliphatic hydroxyl groups is 1. The average Bonchev–Trinajstić information content (AvgIpc) is 1.62. The van der Waals surface area contributed by atoms with Crippen LogP contribution in [0.1, 0.15) is 182 Å². The quantitative estimate of drug-likeness (QED) is 0.0274. The van der Waals surface area contributed by atoms with Gasteiger partial charge in [-0.25, -0.2) is 4.79 Å². The molecular weight excluding hydrogens is 1840 g/mol. The summed E-state index contributed by atoms with van der Waals surface area (Å²) < 4.78 is 0. The first kappa shape index (κ1) is 118. The summed E-state index contributed by atoms with van der Waals surface area (Å²) in [5, 5.41) is 94.6. The van der Waals surface area contributed by atoms with Crippen LogP contribution in [-0.4, -0.2) is 319 Å². The molecule has 2 aliphatic rings. The van der Waals surface area contributed by atoms with Crippen LogP contribution < -0.4 is 108 Å². The van der Waals surface area contributed by atoms with Gasteiger partial charge in [-0.2, -0.15) is 0 Å². The summed E-state index contributed by atoms with van der Waals surface area (Å²) in [5.74, 6) is -27.9. The Balaban J connectivity index is 1.53. The number of rotatable bonds is 62. The number of amides is 19. The lowest BCUT2D eigenvalue weighted by Crippen LogP contribution is -2.61. The van der Waals surface area contributed by atoms with Crippen molar-refractivity contribution in [3.8, 4) is 5.75 Å². The first-order valence-corrected chi connectivity index (χ1v) is 46.1. The third-order valence-corrected chi connectivity index (χ3v) is 22.6. The number of nitrogens with one attached hydrogen (secondary N) is 15. The van der Waals surface area contributed by atoms with Gasteiger partial charge >= 0.3 is 23.9 Å². The van der Waals surface area contributed by atoms with Crippen LogP contribution in [0.25, 0.3) is 0 Å². The monoisotopic (exact) mass is 1980 g/mol. The van der Waals surface area contributed by atoms with E-state index in [2.05, 4.69) is 74.4 Å². The van der Waals surface area contributed by atoms with Gasteiger partial charge in [0.2, 0.25) is 112 Å². The Morgan fingerprint density at radius 1 is 0.386 bits per heavy atom. The van der Waals surface area contributed by atoms with Gasteiger partial charge in [0, 0.05) is 38.8 Å². The third kappa shape index (κ3) is 40.5. The first-order valence-electron chi connectivity index (χ1n) is 46.1. The van der Waals surface area contributed by atoms with Gasteiger partial charge in [0.15, 0.2) is 0 Å². The van der Waals surface area contributed by atoms with E-state index in [1.165, 1.54) is 61.8 Å². The van der Waals surface area contributed by atoms with E-state index in [0.717, 1.165) is 0 Å². The van der Waals surface area contributed by atoms with E-state index in [-0.39, 0.29) is 102 Å². The lowest BCUT2D eigenvalue weighted by molar-refractivity contribution is -0.147. The van der Waals surface area contributed by atoms with E-state index in [0.29, 0.717) is 24.0 Å². The summed E-state index contributed by atoms with van der Waals surface area (Å²) in [4.78, 5) is 314. The number of primary amides is 2. The number of hydrogen-bond donors (Lipinski definition) is 26. The first-order chi connectivity index (χ1) is 65.9. The Kier molecular flexibility index (Phi) is 50.0. The number of carbonyl (C=O) groups excluding carboxylic acids is 19. The predicted molar refractivity (Wildman–Crippen MR) is 494 cm³/mol. The Hall–Kier alpha value is -14.1. The minimum atomic E-state index is -2.02. The number of aliphatic carboxylic acids is 4. The SMILES string of the molecule is CC(C)C[C@H](NC(=O)[C@H](CC(N)=O)NC(=O)[C@H](CC(N)=O)NC(=O)[C@@H]1CCCN1C(=O)[C@H](C)N)C(=O)N[C@@H](CCCCN)C(=O)N1CCC[C@H]1C(=O)N[C@H](C(=O)N[C@H](C(=O)N[C@@H](C)C(=O)N[C@@H](CCC(=O)O)C(=O)N[C@@H](Cc1ccccc1)C(=O)N[C@@H](Cc1ccc(O)cc1)C(=O)NCC(=O)N[C@@H](CO)C(=O)N[C@@H](CCCCN)C(=O)N[C@@H](CCC(=O)O)C(=O)N[C@@H](CC(=O)O)C(=O)O)C(C)C)C(C)C. The second kappa shape index (κ2) is 59.2. The molecule has 2 fully saturated rings. The zero-order chi connectivity index (χ0) is 105. The van der Waals surface area contributed by atoms with Crippen LogP contribution in [0.15, 0.2) is 54.6 Å². The Bertz CT molecular complexity index is 4680. The molecule has 2 heterocycles. The number of nitrogens with zero attached hydrogens (tertiary/aromatic N) is 2. The fourth-order valence-electron chi connectivity index (χ4n) is 15.1. The number of likely N-dealkylation sites (tertiary alicyclic amines) is 2. The molecule has 0 radical (unpaired) electrons. The number of benzene rings is 2. The molecule has 0 aliphatic carbocycles. The second-order valence-corrected chi connectivity index (χ2v) is 35.4. The van der Waals surface area contributed by atoms with E-state index in [4.69, 9.17) is 28.7 Å². The van der Waals surface area contributed by atoms with E-state index in [1.54, 1.807) is 58.0 Å². The van der Waals surface area contributed by atoms with Crippen molar-refractivity contribution in [1.29, 1.82) is 0 Å². The Morgan fingerprint density at radius 3 is 1.24 bits per heavy atom. The van der Waals surface area contributed by atoms with Crippen molar-refractivity contribution >= 4 is 136 Å². The number of carboxylic acids is 4. The van der Waals surface area contributed by atoms with Gasteiger partial charge in [0.25, 0.3) is 0 Å². The standard InChI is InChI=1S/C89H136N22O29/c1-44(2)36-56(102-80(130)59(39-65(93)114)105-81(131)60(40-66(94)115)106-83(133)63-22-16-34-110(63)87(137)47(7)92)78(128)101-55(21-13-15-33-91)88(138)111-35-17-23-64(111)84(134)108-72(46(5)6)86(136)109-71(45(3)4)85(135)96-48(8)73(123)98-53(28-30-68(117)118)76(126)104-58(37-49-18-10-9-11-19-49)79(129)103-57(38-50-24-26-51(113)27-25-50)74(124)95-42-67(116)97-62(43-112)82(132)99-52(20-12-14-32-90)75(125)100-54(29-31-69(119)120)77(127)107-61(89(139)140)41-70(121)122/h9-11,18-19,24-27,44-48,52-64,71-72,112-113H,12-17,20-23,28-43,90-92H2,1-8H3,(H2,93,114)(H2,94,115)(H,95,124)(H,96,135)(H,97,116)(H,98,123)(H,99,132)(H,100,125)(H,101,128)(H,102,130)(H,103,129)(H,104,126)(H,105,131)(H,106,133)(H,107,127)(H,108,134)(H,109,136)(H,117,118)(H,119,120)(H,121,122)(H,139,140)/t47-,48-,52-,53-,54-,55-,56-,57-,58-,59-,60-,61-,62-,63-,64-,71-,72-/m0/s1. The smallest absolute Gasteiger partial charge is 0.326 e. The molecule has 0 unspecified atom stereocenters. The highest BCUT2D eigenvalue weighted by Crippen LogP contribution is 2.24. The van der Waals surface area contributed by atoms with Gasteiger partial charge in [-0.15, -0.1) is 0 Å². The molecule has 0 spiro atoms. The second-order valence-electron chi connectivity index (χ2n) is 35.4. The zero-order valence-corrected chi connectivity index (χ0v) is 79.5. The maximum atomic E-state index is 14.9. The van der Waals surface area contributed by atoms with Crippen molar-refractivity contribution in [3.05, 3.63) is 65.7 Å². The van der Waals surface area contributed by atoms with E-state index < -0.39 is 315 Å². The lowest BCUT2D eigenvalue weighted by Gasteiger charge is -2.32. The van der Waals surface area contributed by atoms with Crippen molar-refractivity contribution in [1.82, 2.24) is 89.6 Å². The predicted octanol–water partition coefficient (Wildman–Crippen LogP) is -7.92. The van der Waals surface area contributed by atoms with Gasteiger partial charge < -0.3 is 149 Å². The van der Waals surface area contributed by atoms with Crippen LogP contribution in [0, 0.1) is 17.8 Å². The minimum Gasteiger partial charge on any atom is -0.508 e. The van der Waals surface area contributed by atoms with E-state index in [1.807, 2.05) is 5.32 Å². The maximum absolute atomic E-state index is 14.9. The maximum Gasteiger partial charge on any atom is 0.326 e. The van der Waals surface area contributed by atoms with Crippen molar-refractivity contribution in [2.45, 2.75) is 287 Å². The molecule has 140 heavy (non-hydrogen) atoms.